The van der Waals surface area contributed by atoms with Gasteiger partial charge in [-0.15, -0.1) is 0 Å². The molecule has 0 radical (unpaired) electrons. The molecule has 0 unspecified atom stereocenters. The topological polar surface area (TPSA) is 92.8 Å². The van der Waals surface area contributed by atoms with Gasteiger partial charge < -0.3 is 15.0 Å². The Bertz CT molecular complexity index is 1100. The molecule has 0 atom stereocenters. The second-order valence-corrected chi connectivity index (χ2v) is 9.73. The average Bonchev–Trinajstić information content (AvgIpc) is 3.03. The molecule has 10 heteroatoms. The van der Waals surface area contributed by atoms with E-state index in [1.807, 2.05) is 0 Å². The number of carbonyl (C=O) groups is 2. The molecule has 154 valence electrons. The summed E-state index contributed by atoms with van der Waals surface area (Å²) in [5.41, 5.74) is 1.70. The van der Waals surface area contributed by atoms with E-state index in [-0.39, 0.29) is 16.5 Å². The zero-order chi connectivity index (χ0) is 21.3. The highest BCUT2D eigenvalue weighted by atomic mass is 79.9. The fraction of sp³-hybridized carbons (Fsp3) is 0.263. The molecule has 2 aromatic carbocycles. The molecule has 0 bridgehead atoms. The predicted molar refractivity (Wildman–Crippen MR) is 115 cm³/mol. The second kappa shape index (κ2) is 8.33. The van der Waals surface area contributed by atoms with Gasteiger partial charge >= 0.3 is 0 Å². The van der Waals surface area contributed by atoms with Crippen LogP contribution in [0.3, 0.4) is 0 Å². The van der Waals surface area contributed by atoms with Crippen LogP contribution < -0.4 is 15.0 Å². The molecule has 7 nitrogen and oxygen atoms in total. The lowest BCUT2D eigenvalue weighted by Gasteiger charge is -2.16. The molecule has 1 aliphatic rings. The summed E-state index contributed by atoms with van der Waals surface area (Å²) >= 11 is 9.22. The van der Waals surface area contributed by atoms with Crippen LogP contribution in [0.4, 0.5) is 11.4 Å². The minimum Gasteiger partial charge on any atom is -0.495 e. The highest BCUT2D eigenvalue weighted by Crippen LogP contribution is 2.36. The van der Waals surface area contributed by atoms with Gasteiger partial charge in [-0.2, -0.15) is 0 Å². The number of carbonyl (C=O) groups excluding carboxylic acids is 2. The summed E-state index contributed by atoms with van der Waals surface area (Å²) in [5.74, 6) is -1.32. The normalized spacial score (nSPS) is 13.2. The van der Waals surface area contributed by atoms with E-state index in [1.165, 1.54) is 31.1 Å². The number of hydrogen-bond acceptors (Lipinski definition) is 5. The Morgan fingerprint density at radius 3 is 2.66 bits per heavy atom. The van der Waals surface area contributed by atoms with Crippen LogP contribution in [0, 0.1) is 0 Å². The maximum Gasteiger partial charge on any atom is 0.240 e. The van der Waals surface area contributed by atoms with E-state index in [2.05, 4.69) is 21.2 Å². The first kappa shape index (κ1) is 21.6. The highest BCUT2D eigenvalue weighted by Gasteiger charge is 2.29. The third kappa shape index (κ3) is 4.57. The minimum atomic E-state index is -3.98. The van der Waals surface area contributed by atoms with Gasteiger partial charge in [-0.05, 0) is 58.2 Å². The van der Waals surface area contributed by atoms with Crippen LogP contribution in [0.5, 0.6) is 5.75 Å². The maximum atomic E-state index is 12.9. The molecule has 0 spiro atoms. The zero-order valence-electron chi connectivity index (χ0n) is 15.7. The number of ether oxygens (including phenoxy) is 1. The lowest BCUT2D eigenvalue weighted by Crippen LogP contribution is -2.26. The van der Waals surface area contributed by atoms with E-state index in [4.69, 9.17) is 16.3 Å². The average molecular weight is 502 g/mol. The van der Waals surface area contributed by atoms with E-state index >= 15 is 0 Å². The highest BCUT2D eigenvalue weighted by molar-refractivity contribution is 9.10. The SMILES string of the molecule is COc1ccc(Cl)cc1NC(=O)CS(=O)(=O)c1cc2c(cc1Br)CCN2C(C)=O. The van der Waals surface area contributed by atoms with Crippen LogP contribution in [-0.4, -0.2) is 39.6 Å². The van der Waals surface area contributed by atoms with Crippen molar-refractivity contribution in [3.05, 3.63) is 45.4 Å². The van der Waals surface area contributed by atoms with E-state index in [1.54, 1.807) is 18.2 Å². The van der Waals surface area contributed by atoms with Gasteiger partial charge in [0.25, 0.3) is 0 Å². The van der Waals surface area contributed by atoms with E-state index in [0.29, 0.717) is 33.9 Å². The molecule has 2 amide bonds. The molecule has 3 rings (SSSR count). The second-order valence-electron chi connectivity index (χ2n) is 6.48. The van der Waals surface area contributed by atoms with E-state index in [0.717, 1.165) is 5.56 Å². The number of benzene rings is 2. The van der Waals surface area contributed by atoms with Gasteiger partial charge in [-0.25, -0.2) is 8.42 Å². The number of halogens is 2. The minimum absolute atomic E-state index is 0.0439. The fourth-order valence-corrected chi connectivity index (χ4v) is 5.69. The van der Waals surface area contributed by atoms with Crippen LogP contribution >= 0.6 is 27.5 Å². The van der Waals surface area contributed by atoms with Crippen molar-refractivity contribution in [1.29, 1.82) is 0 Å². The molecule has 2 aromatic rings. The van der Waals surface area contributed by atoms with Crippen molar-refractivity contribution in [2.45, 2.75) is 18.2 Å². The lowest BCUT2D eigenvalue weighted by atomic mass is 10.2. The number of sulfone groups is 1. The first-order chi connectivity index (χ1) is 13.6. The summed E-state index contributed by atoms with van der Waals surface area (Å²) < 4.78 is 31.3. The summed E-state index contributed by atoms with van der Waals surface area (Å²) in [7, 11) is -2.55. The first-order valence-corrected chi connectivity index (χ1v) is 11.4. The number of fused-ring (bicyclic) bond motifs is 1. The van der Waals surface area contributed by atoms with Crippen LogP contribution in [-0.2, 0) is 25.8 Å². The van der Waals surface area contributed by atoms with E-state index < -0.39 is 21.5 Å². The molecule has 0 saturated carbocycles. The number of anilines is 2. The van der Waals surface area contributed by atoms with Gasteiger partial charge in [0.05, 0.1) is 17.7 Å². The Labute approximate surface area is 182 Å². The van der Waals surface area contributed by atoms with Gasteiger partial charge in [-0.3, -0.25) is 9.59 Å². The Balaban J connectivity index is 1.87. The zero-order valence-corrected chi connectivity index (χ0v) is 18.8. The monoisotopic (exact) mass is 500 g/mol. The molecular weight excluding hydrogens is 484 g/mol. The Kier molecular flexibility index (Phi) is 6.21. The van der Waals surface area contributed by atoms with Crippen molar-refractivity contribution in [3.8, 4) is 5.75 Å². The summed E-state index contributed by atoms with van der Waals surface area (Å²) in [6, 6.07) is 7.76. The standard InChI is InChI=1S/C19H18BrClN2O5S/c1-11(24)23-6-5-12-7-14(20)18(9-16(12)23)29(26,27)10-19(25)22-15-8-13(21)3-4-17(15)28-2/h3-4,7-9H,5-6,10H2,1-2H3,(H,22,25). The molecule has 29 heavy (non-hydrogen) atoms. The number of nitrogens with zero attached hydrogens (tertiary/aromatic N) is 1. The fourth-order valence-electron chi connectivity index (χ4n) is 3.17. The van der Waals surface area contributed by atoms with Gasteiger partial charge in [0.15, 0.2) is 9.84 Å². The van der Waals surface area contributed by atoms with Gasteiger partial charge in [-0.1, -0.05) is 11.6 Å². The molecule has 1 N–H and O–H groups in total. The van der Waals surface area contributed by atoms with Crippen molar-refractivity contribution in [2.24, 2.45) is 0 Å². The smallest absolute Gasteiger partial charge is 0.240 e. The molecule has 0 aliphatic carbocycles. The molecule has 0 saturated heterocycles. The largest absolute Gasteiger partial charge is 0.495 e. The van der Waals surface area contributed by atoms with Crippen molar-refractivity contribution in [3.63, 3.8) is 0 Å². The van der Waals surface area contributed by atoms with Crippen LogP contribution in [0.25, 0.3) is 0 Å². The van der Waals surface area contributed by atoms with Crippen LogP contribution in [0.2, 0.25) is 5.02 Å². The Morgan fingerprint density at radius 2 is 2.00 bits per heavy atom. The van der Waals surface area contributed by atoms with Crippen molar-refractivity contribution < 1.29 is 22.7 Å². The number of rotatable bonds is 5. The van der Waals surface area contributed by atoms with Crippen molar-refractivity contribution in [2.75, 3.05) is 29.6 Å². The summed E-state index contributed by atoms with van der Waals surface area (Å²) in [6.07, 6.45) is 0.642. The first-order valence-electron chi connectivity index (χ1n) is 8.59. The molecule has 1 heterocycles. The molecule has 0 fully saturated rings. The predicted octanol–water partition coefficient (Wildman–Crippen LogP) is 3.43. The third-order valence-corrected chi connectivity index (χ3v) is 7.30. The van der Waals surface area contributed by atoms with Crippen LogP contribution in [0.1, 0.15) is 12.5 Å². The maximum absolute atomic E-state index is 12.9. The van der Waals surface area contributed by atoms with Crippen LogP contribution in [0.15, 0.2) is 39.7 Å². The molecule has 0 aromatic heterocycles. The number of nitrogens with one attached hydrogen (secondary N) is 1. The Hall–Kier alpha value is -2.10. The number of hydrogen-bond donors (Lipinski definition) is 1. The van der Waals surface area contributed by atoms with Gasteiger partial charge in [0.2, 0.25) is 11.8 Å². The molecular formula is C19H18BrClN2O5S. The van der Waals surface area contributed by atoms with Gasteiger partial charge in [0.1, 0.15) is 11.5 Å². The summed E-state index contributed by atoms with van der Waals surface area (Å²) in [4.78, 5) is 25.7. The van der Waals surface area contributed by atoms with Crippen molar-refractivity contribution >= 4 is 60.6 Å². The lowest BCUT2D eigenvalue weighted by molar-refractivity contribution is -0.116. The Morgan fingerprint density at radius 1 is 1.28 bits per heavy atom. The summed E-state index contributed by atoms with van der Waals surface area (Å²) in [6.45, 7) is 1.92. The quantitative estimate of drug-likeness (QED) is 0.678. The number of amides is 2. The van der Waals surface area contributed by atoms with Crippen molar-refractivity contribution in [1.82, 2.24) is 0 Å². The van der Waals surface area contributed by atoms with Gasteiger partial charge in [0, 0.05) is 28.7 Å². The summed E-state index contributed by atoms with van der Waals surface area (Å²) in [5, 5.41) is 2.89. The molecule has 1 aliphatic heterocycles. The number of methoxy groups -OCH3 is 1. The third-order valence-electron chi connectivity index (χ3n) is 4.50. The van der Waals surface area contributed by atoms with E-state index in [9.17, 15) is 18.0 Å².